The molecule has 0 aliphatic carbocycles. The van der Waals surface area contributed by atoms with E-state index in [4.69, 9.17) is 5.11 Å². The van der Waals surface area contributed by atoms with Crippen LogP contribution in [0.4, 0.5) is 15.2 Å². The number of halogens is 1. The highest BCUT2D eigenvalue weighted by atomic mass is 32.1. The molecule has 176 valence electrons. The number of amides is 1. The lowest BCUT2D eigenvalue weighted by atomic mass is 9.94. The van der Waals surface area contributed by atoms with Crippen LogP contribution in [0.2, 0.25) is 0 Å². The molecule has 0 aliphatic rings. The molecule has 3 rings (SSSR count). The van der Waals surface area contributed by atoms with Crippen LogP contribution >= 0.6 is 22.7 Å². The predicted molar refractivity (Wildman–Crippen MR) is 132 cm³/mol. The number of aromatic nitrogens is 1. The summed E-state index contributed by atoms with van der Waals surface area (Å²) in [6, 6.07) is 8.47. The van der Waals surface area contributed by atoms with E-state index in [1.165, 1.54) is 28.7 Å². The van der Waals surface area contributed by atoms with E-state index in [0.717, 1.165) is 41.8 Å². The Bertz CT molecular complexity index is 1090. The summed E-state index contributed by atoms with van der Waals surface area (Å²) in [5.74, 6) is -0.843. The van der Waals surface area contributed by atoms with Crippen molar-refractivity contribution >= 4 is 45.4 Å². The van der Waals surface area contributed by atoms with E-state index in [0.29, 0.717) is 28.2 Å². The summed E-state index contributed by atoms with van der Waals surface area (Å²) in [5.41, 5.74) is 2.30. The Morgan fingerprint density at radius 3 is 2.70 bits per heavy atom. The van der Waals surface area contributed by atoms with E-state index in [1.54, 1.807) is 23.6 Å². The zero-order valence-electron chi connectivity index (χ0n) is 18.7. The van der Waals surface area contributed by atoms with Gasteiger partial charge in [0.2, 0.25) is 0 Å². The number of anilines is 2. The Morgan fingerprint density at radius 2 is 1.97 bits per heavy atom. The molecule has 9 heteroatoms. The number of thiazole rings is 1. The highest BCUT2D eigenvalue weighted by Gasteiger charge is 2.14. The normalized spacial score (nSPS) is 11.0. The number of nitrogens with zero attached hydrogens (tertiary/aromatic N) is 1. The second-order valence-corrected chi connectivity index (χ2v) is 9.84. The second kappa shape index (κ2) is 11.9. The van der Waals surface area contributed by atoms with E-state index in [9.17, 15) is 14.0 Å². The van der Waals surface area contributed by atoms with Gasteiger partial charge < -0.3 is 10.4 Å². The number of hydrogen-bond donors (Lipinski definition) is 3. The summed E-state index contributed by atoms with van der Waals surface area (Å²) in [6.07, 6.45) is 3.92. The molecule has 6 nitrogen and oxygen atoms in total. The number of carbonyl (C=O) groups excluding carboxylic acids is 1. The average Bonchev–Trinajstić information content (AvgIpc) is 3.43. The van der Waals surface area contributed by atoms with Crippen LogP contribution in [0.5, 0.6) is 0 Å². The molecule has 0 spiro atoms. The van der Waals surface area contributed by atoms with Gasteiger partial charge in [0.1, 0.15) is 5.82 Å². The van der Waals surface area contributed by atoms with Gasteiger partial charge in [0.15, 0.2) is 5.13 Å². The standard InChI is InChI=1S/C24H28FN3O3S2/c1-3-15(4-2)5-6-16-11-17(25)7-9-20(16)26-13-19-8-10-21(33-19)23(31)28-24-27-18(14-32-24)12-22(29)30/h7-11,14-15,26H,3-6,12-13H2,1-2H3,(H,29,30)(H,27,28,31). The first kappa shape index (κ1) is 24.9. The van der Waals surface area contributed by atoms with Crippen molar-refractivity contribution in [1.29, 1.82) is 0 Å². The largest absolute Gasteiger partial charge is 0.481 e. The number of aliphatic carboxylic acids is 1. The smallest absolute Gasteiger partial charge is 0.309 e. The molecule has 3 aromatic rings. The summed E-state index contributed by atoms with van der Waals surface area (Å²) in [4.78, 5) is 28.9. The van der Waals surface area contributed by atoms with Crippen LogP contribution < -0.4 is 10.6 Å². The zero-order chi connectivity index (χ0) is 23.8. The Morgan fingerprint density at radius 1 is 1.18 bits per heavy atom. The van der Waals surface area contributed by atoms with Crippen LogP contribution in [-0.2, 0) is 24.2 Å². The third kappa shape index (κ3) is 7.36. The fourth-order valence-electron chi connectivity index (χ4n) is 3.53. The molecular weight excluding hydrogens is 461 g/mol. The lowest BCUT2D eigenvalue weighted by molar-refractivity contribution is -0.136. The first-order valence-electron chi connectivity index (χ1n) is 11.0. The summed E-state index contributed by atoms with van der Waals surface area (Å²) in [6.45, 7) is 4.90. The van der Waals surface area contributed by atoms with Crippen LogP contribution in [0.15, 0.2) is 35.7 Å². The van der Waals surface area contributed by atoms with Crippen LogP contribution in [-0.4, -0.2) is 22.0 Å². The third-order valence-electron chi connectivity index (χ3n) is 5.49. The minimum absolute atomic E-state index is 0.176. The van der Waals surface area contributed by atoms with Gasteiger partial charge in [0.05, 0.1) is 17.0 Å². The number of hydrogen-bond acceptors (Lipinski definition) is 6. The molecule has 0 saturated carbocycles. The van der Waals surface area contributed by atoms with Crippen molar-refractivity contribution < 1.29 is 19.1 Å². The monoisotopic (exact) mass is 489 g/mol. The minimum atomic E-state index is -0.964. The van der Waals surface area contributed by atoms with E-state index in [1.807, 2.05) is 6.07 Å². The predicted octanol–water partition coefficient (Wildman–Crippen LogP) is 6.20. The highest BCUT2D eigenvalue weighted by molar-refractivity contribution is 7.15. The molecule has 0 atom stereocenters. The Kier molecular flexibility index (Phi) is 8.96. The van der Waals surface area contributed by atoms with Crippen molar-refractivity contribution in [1.82, 2.24) is 4.98 Å². The highest BCUT2D eigenvalue weighted by Crippen LogP contribution is 2.25. The van der Waals surface area contributed by atoms with Crippen LogP contribution in [0.3, 0.4) is 0 Å². The fraction of sp³-hybridized carbons (Fsp3) is 0.375. The Labute approximate surface area is 200 Å². The van der Waals surface area contributed by atoms with Crippen molar-refractivity contribution in [3.8, 4) is 0 Å². The van der Waals surface area contributed by atoms with Gasteiger partial charge >= 0.3 is 5.97 Å². The maximum absolute atomic E-state index is 13.8. The molecule has 33 heavy (non-hydrogen) atoms. The van der Waals surface area contributed by atoms with Gasteiger partial charge in [0.25, 0.3) is 5.91 Å². The minimum Gasteiger partial charge on any atom is -0.481 e. The van der Waals surface area contributed by atoms with Gasteiger partial charge in [-0.2, -0.15) is 0 Å². The second-order valence-electron chi connectivity index (χ2n) is 7.81. The maximum atomic E-state index is 13.8. The Balaban J connectivity index is 1.59. The summed E-state index contributed by atoms with van der Waals surface area (Å²) >= 11 is 2.56. The molecule has 0 unspecified atom stereocenters. The van der Waals surface area contributed by atoms with E-state index >= 15 is 0 Å². The zero-order valence-corrected chi connectivity index (χ0v) is 20.3. The molecule has 0 saturated heterocycles. The quantitative estimate of drug-likeness (QED) is 0.282. The number of carboxylic acids is 1. The number of aryl methyl sites for hydroxylation is 1. The molecule has 1 aromatic carbocycles. The molecule has 2 aromatic heterocycles. The van der Waals surface area contributed by atoms with Gasteiger partial charge in [-0.15, -0.1) is 22.7 Å². The van der Waals surface area contributed by atoms with Gasteiger partial charge in [-0.25, -0.2) is 9.37 Å². The number of thiophene rings is 1. The molecule has 0 radical (unpaired) electrons. The summed E-state index contributed by atoms with van der Waals surface area (Å²) in [7, 11) is 0. The van der Waals surface area contributed by atoms with E-state index in [-0.39, 0.29) is 18.1 Å². The van der Waals surface area contributed by atoms with E-state index in [2.05, 4.69) is 29.5 Å². The van der Waals surface area contributed by atoms with Gasteiger partial charge in [-0.3, -0.25) is 14.9 Å². The number of rotatable bonds is 12. The van der Waals surface area contributed by atoms with Crippen molar-refractivity contribution in [2.45, 2.75) is 52.5 Å². The molecular formula is C24H28FN3O3S2. The Hall–Kier alpha value is -2.78. The molecule has 0 aliphatic heterocycles. The number of carbonyl (C=O) groups is 2. The first-order chi connectivity index (χ1) is 15.9. The van der Waals surface area contributed by atoms with Crippen molar-refractivity contribution in [3.63, 3.8) is 0 Å². The van der Waals surface area contributed by atoms with Crippen LogP contribution in [0.25, 0.3) is 0 Å². The molecule has 3 N–H and O–H groups in total. The van der Waals surface area contributed by atoms with E-state index < -0.39 is 5.97 Å². The first-order valence-corrected chi connectivity index (χ1v) is 12.7. The third-order valence-corrected chi connectivity index (χ3v) is 7.38. The fourth-order valence-corrected chi connectivity index (χ4v) is 5.08. The number of nitrogens with one attached hydrogen (secondary N) is 2. The van der Waals surface area contributed by atoms with Crippen LogP contribution in [0.1, 0.15) is 58.9 Å². The lowest BCUT2D eigenvalue weighted by Gasteiger charge is -2.15. The summed E-state index contributed by atoms with van der Waals surface area (Å²) in [5, 5.41) is 16.9. The SMILES string of the molecule is CCC(CC)CCc1cc(F)ccc1NCc1ccc(C(=O)Nc2nc(CC(=O)O)cs2)s1. The van der Waals surface area contributed by atoms with Gasteiger partial charge in [0, 0.05) is 22.5 Å². The lowest BCUT2D eigenvalue weighted by Crippen LogP contribution is -2.10. The molecule has 2 heterocycles. The molecule has 0 fully saturated rings. The summed E-state index contributed by atoms with van der Waals surface area (Å²) < 4.78 is 13.8. The number of benzene rings is 1. The molecule has 0 bridgehead atoms. The van der Waals surface area contributed by atoms with Gasteiger partial charge in [-0.1, -0.05) is 26.7 Å². The van der Waals surface area contributed by atoms with Crippen molar-refractivity contribution in [2.75, 3.05) is 10.6 Å². The van der Waals surface area contributed by atoms with Crippen molar-refractivity contribution in [2.24, 2.45) is 5.92 Å². The topological polar surface area (TPSA) is 91.3 Å². The van der Waals surface area contributed by atoms with Gasteiger partial charge in [-0.05, 0) is 54.7 Å². The number of carboxylic acid groups (broad SMARTS) is 1. The van der Waals surface area contributed by atoms with Crippen molar-refractivity contribution in [3.05, 3.63) is 62.5 Å². The maximum Gasteiger partial charge on any atom is 0.309 e. The molecule has 1 amide bonds. The van der Waals surface area contributed by atoms with Crippen LogP contribution in [0, 0.1) is 11.7 Å². The average molecular weight is 490 g/mol.